The third kappa shape index (κ3) is 5.53. The zero-order valence-corrected chi connectivity index (χ0v) is 17.2. The number of nitrogens with one attached hydrogen (secondary N) is 2. The van der Waals surface area contributed by atoms with Gasteiger partial charge in [-0.15, -0.1) is 0 Å². The third-order valence-corrected chi connectivity index (χ3v) is 5.53. The van der Waals surface area contributed by atoms with Crippen molar-refractivity contribution >= 4 is 11.7 Å². The van der Waals surface area contributed by atoms with Crippen LogP contribution in [0.25, 0.3) is 0 Å². The number of alkyl halides is 5. The van der Waals surface area contributed by atoms with Gasteiger partial charge in [0.1, 0.15) is 11.6 Å². The van der Waals surface area contributed by atoms with E-state index in [-0.39, 0.29) is 17.9 Å². The Hall–Kier alpha value is -2.93. The van der Waals surface area contributed by atoms with E-state index >= 15 is 0 Å². The summed E-state index contributed by atoms with van der Waals surface area (Å²) >= 11 is 0. The number of aliphatic hydroxyl groups excluding tert-OH is 1. The monoisotopic (exact) mass is 478 g/mol. The van der Waals surface area contributed by atoms with E-state index in [0.29, 0.717) is 6.07 Å². The van der Waals surface area contributed by atoms with Crippen LogP contribution in [0.3, 0.4) is 0 Å². The molecular formula is C20H20F6N4O3. The Balaban J connectivity index is 1.82. The molecule has 3 rings (SSSR count). The number of pyridine rings is 2. The van der Waals surface area contributed by atoms with Crippen molar-refractivity contribution in [2.45, 2.75) is 43.5 Å². The summed E-state index contributed by atoms with van der Waals surface area (Å²) < 4.78 is 81.0. The summed E-state index contributed by atoms with van der Waals surface area (Å²) in [6.07, 6.45) is -7.22. The highest BCUT2D eigenvalue weighted by Gasteiger charge is 2.47. The molecular weight excluding hydrogens is 458 g/mol. The molecule has 1 fully saturated rings. The molecule has 3 atom stereocenters. The van der Waals surface area contributed by atoms with Crippen LogP contribution in [0.2, 0.25) is 0 Å². The molecule has 0 unspecified atom stereocenters. The predicted octanol–water partition coefficient (Wildman–Crippen LogP) is 2.96. The van der Waals surface area contributed by atoms with E-state index in [4.69, 9.17) is 0 Å². The molecule has 0 radical (unpaired) electrons. The SMILES string of the molecule is C[C@@H](C(=O)Nc1ccc(F)cn1)N1CCC(F)(F)[C@@H](c2c[nH]c(=O)c([C@H](O)C(F)(F)F)c2)C1. The minimum Gasteiger partial charge on any atom is -0.379 e. The molecule has 180 valence electrons. The number of aromatic nitrogens is 2. The van der Waals surface area contributed by atoms with Crippen molar-refractivity contribution in [1.82, 2.24) is 14.9 Å². The van der Waals surface area contributed by atoms with Crippen LogP contribution in [0.15, 0.2) is 35.4 Å². The number of hydrogen-bond donors (Lipinski definition) is 3. The van der Waals surface area contributed by atoms with Gasteiger partial charge < -0.3 is 15.4 Å². The normalized spacial score (nSPS) is 20.8. The van der Waals surface area contributed by atoms with E-state index < -0.39 is 66.0 Å². The van der Waals surface area contributed by atoms with Gasteiger partial charge in [-0.2, -0.15) is 13.2 Å². The Labute approximate surface area is 183 Å². The van der Waals surface area contributed by atoms with E-state index in [1.807, 2.05) is 4.98 Å². The first kappa shape index (κ1) is 24.7. The highest BCUT2D eigenvalue weighted by molar-refractivity contribution is 5.93. The van der Waals surface area contributed by atoms with Gasteiger partial charge >= 0.3 is 6.18 Å². The van der Waals surface area contributed by atoms with Gasteiger partial charge in [0.15, 0.2) is 6.10 Å². The smallest absolute Gasteiger partial charge is 0.379 e. The first-order valence-electron chi connectivity index (χ1n) is 9.81. The summed E-state index contributed by atoms with van der Waals surface area (Å²) in [5, 5.41) is 11.9. The third-order valence-electron chi connectivity index (χ3n) is 5.53. The minimum absolute atomic E-state index is 0.0542. The Morgan fingerprint density at radius 2 is 2.06 bits per heavy atom. The number of anilines is 1. The van der Waals surface area contributed by atoms with Crippen LogP contribution in [0, 0.1) is 5.82 Å². The number of halogens is 6. The molecule has 0 aromatic carbocycles. The van der Waals surface area contributed by atoms with E-state index in [1.54, 1.807) is 0 Å². The lowest BCUT2D eigenvalue weighted by Crippen LogP contribution is -2.52. The molecule has 1 saturated heterocycles. The molecule has 0 saturated carbocycles. The van der Waals surface area contributed by atoms with Gasteiger partial charge in [-0.25, -0.2) is 18.2 Å². The molecule has 2 aromatic rings. The number of piperidine rings is 1. The molecule has 3 N–H and O–H groups in total. The minimum atomic E-state index is -5.16. The zero-order valence-electron chi connectivity index (χ0n) is 17.2. The fraction of sp³-hybridized carbons (Fsp3) is 0.450. The maximum atomic E-state index is 14.7. The van der Waals surface area contributed by atoms with Gasteiger partial charge in [0.2, 0.25) is 5.91 Å². The van der Waals surface area contributed by atoms with Crippen LogP contribution in [0.5, 0.6) is 0 Å². The number of amides is 1. The molecule has 2 aromatic heterocycles. The Morgan fingerprint density at radius 1 is 1.36 bits per heavy atom. The Morgan fingerprint density at radius 3 is 2.67 bits per heavy atom. The van der Waals surface area contributed by atoms with Crippen LogP contribution in [0.1, 0.15) is 36.5 Å². The molecule has 3 heterocycles. The quantitative estimate of drug-likeness (QED) is 0.575. The lowest BCUT2D eigenvalue weighted by atomic mass is 9.86. The second-order valence-electron chi connectivity index (χ2n) is 7.75. The van der Waals surface area contributed by atoms with Crippen molar-refractivity contribution in [3.05, 3.63) is 57.9 Å². The van der Waals surface area contributed by atoms with Crippen LogP contribution >= 0.6 is 0 Å². The fourth-order valence-electron chi connectivity index (χ4n) is 3.57. The molecule has 7 nitrogen and oxygen atoms in total. The number of aromatic amines is 1. The molecule has 0 spiro atoms. The maximum Gasteiger partial charge on any atom is 0.418 e. The molecule has 1 aliphatic heterocycles. The standard InChI is InChI=1S/C20H20F6N4O3/c1-10(17(32)29-15-3-2-12(21)8-27-15)30-5-4-19(22,23)14(9-30)11-6-13(18(33)28-7-11)16(31)20(24,25)26/h2-3,6-8,10,14,16,31H,4-5,9H2,1H3,(H,28,33)(H,27,29,32)/t10-,14+,16-/m0/s1. The lowest BCUT2D eigenvalue weighted by Gasteiger charge is -2.40. The van der Waals surface area contributed by atoms with Crippen molar-refractivity contribution in [3.63, 3.8) is 0 Å². The van der Waals surface area contributed by atoms with Gasteiger partial charge in [0.05, 0.1) is 23.7 Å². The number of nitrogens with zero attached hydrogens (tertiary/aromatic N) is 2. The van der Waals surface area contributed by atoms with Crippen molar-refractivity contribution in [3.8, 4) is 0 Å². The van der Waals surface area contributed by atoms with Crippen molar-refractivity contribution in [1.29, 1.82) is 0 Å². The van der Waals surface area contributed by atoms with Gasteiger partial charge in [-0.05, 0) is 30.7 Å². The second kappa shape index (κ2) is 9.14. The molecule has 0 bridgehead atoms. The summed E-state index contributed by atoms with van der Waals surface area (Å²) in [7, 11) is 0. The summed E-state index contributed by atoms with van der Waals surface area (Å²) in [5.41, 5.74) is -2.66. The van der Waals surface area contributed by atoms with Crippen molar-refractivity contribution in [2.24, 2.45) is 0 Å². The number of aliphatic hydroxyl groups is 1. The fourth-order valence-corrected chi connectivity index (χ4v) is 3.57. The predicted molar refractivity (Wildman–Crippen MR) is 104 cm³/mol. The second-order valence-corrected chi connectivity index (χ2v) is 7.75. The van der Waals surface area contributed by atoms with Crippen LogP contribution < -0.4 is 10.9 Å². The van der Waals surface area contributed by atoms with E-state index in [2.05, 4.69) is 10.3 Å². The number of carbonyl (C=O) groups is 1. The number of likely N-dealkylation sites (tertiary alicyclic amines) is 1. The molecule has 1 amide bonds. The summed E-state index contributed by atoms with van der Waals surface area (Å²) in [6, 6.07) is 1.99. The van der Waals surface area contributed by atoms with Crippen LogP contribution in [0.4, 0.5) is 32.2 Å². The lowest BCUT2D eigenvalue weighted by molar-refractivity contribution is -0.207. The molecule has 13 heteroatoms. The largest absolute Gasteiger partial charge is 0.418 e. The van der Waals surface area contributed by atoms with Gasteiger partial charge in [-0.1, -0.05) is 0 Å². The van der Waals surface area contributed by atoms with Gasteiger partial charge in [0, 0.05) is 25.7 Å². The number of rotatable bonds is 5. The van der Waals surface area contributed by atoms with Gasteiger partial charge in [0.25, 0.3) is 11.5 Å². The molecule has 33 heavy (non-hydrogen) atoms. The zero-order chi connectivity index (χ0) is 24.6. The Kier molecular flexibility index (Phi) is 6.84. The average molecular weight is 478 g/mol. The number of carbonyl (C=O) groups excluding carboxylic acids is 1. The number of hydrogen-bond acceptors (Lipinski definition) is 5. The Bertz CT molecular complexity index is 1060. The average Bonchev–Trinajstić information content (AvgIpc) is 2.74. The summed E-state index contributed by atoms with van der Waals surface area (Å²) in [4.78, 5) is 31.4. The first-order valence-corrected chi connectivity index (χ1v) is 9.81. The first-order chi connectivity index (χ1) is 15.3. The van der Waals surface area contributed by atoms with Gasteiger partial charge in [-0.3, -0.25) is 14.5 Å². The van der Waals surface area contributed by atoms with E-state index in [0.717, 1.165) is 18.5 Å². The van der Waals surface area contributed by atoms with Crippen LogP contribution in [-0.4, -0.2) is 57.1 Å². The van der Waals surface area contributed by atoms with Crippen molar-refractivity contribution in [2.75, 3.05) is 18.4 Å². The van der Waals surface area contributed by atoms with E-state index in [1.165, 1.54) is 17.9 Å². The highest BCUT2D eigenvalue weighted by Crippen LogP contribution is 2.41. The number of H-pyrrole nitrogens is 1. The van der Waals surface area contributed by atoms with Crippen molar-refractivity contribution < 1.29 is 36.2 Å². The topological polar surface area (TPSA) is 98.3 Å². The maximum absolute atomic E-state index is 14.7. The summed E-state index contributed by atoms with van der Waals surface area (Å²) in [5.74, 6) is -6.16. The van der Waals surface area contributed by atoms with Crippen LogP contribution in [-0.2, 0) is 4.79 Å². The highest BCUT2D eigenvalue weighted by atomic mass is 19.4. The molecule has 1 aliphatic rings. The molecule has 0 aliphatic carbocycles. The van der Waals surface area contributed by atoms with E-state index in [9.17, 15) is 41.0 Å². The summed E-state index contributed by atoms with van der Waals surface area (Å²) in [6.45, 7) is 0.855.